The molecule has 96 valence electrons. The Bertz CT molecular complexity index is 488. The van der Waals surface area contributed by atoms with Gasteiger partial charge >= 0.3 is 0 Å². The van der Waals surface area contributed by atoms with Crippen molar-refractivity contribution in [3.05, 3.63) is 53.6 Å². The van der Waals surface area contributed by atoms with E-state index < -0.39 is 0 Å². The average molecular weight is 247 g/mol. The maximum absolute atomic E-state index is 12.8. The summed E-state index contributed by atoms with van der Waals surface area (Å²) in [5.74, 6) is -0.207. The van der Waals surface area contributed by atoms with Crippen LogP contribution in [0.3, 0.4) is 0 Å². The number of halogens is 1. The molecular weight excluding hydrogens is 229 g/mol. The summed E-state index contributed by atoms with van der Waals surface area (Å²) in [6, 6.07) is 8.97. The third-order valence-corrected chi connectivity index (χ3v) is 2.74. The average Bonchev–Trinajstić information content (AvgIpc) is 2.77. The fourth-order valence-electron chi connectivity index (χ4n) is 1.72. The molecule has 0 fully saturated rings. The Morgan fingerprint density at radius 2 is 1.94 bits per heavy atom. The maximum atomic E-state index is 12.8. The molecule has 18 heavy (non-hydrogen) atoms. The van der Waals surface area contributed by atoms with Gasteiger partial charge in [0.05, 0.1) is 12.2 Å². The van der Waals surface area contributed by atoms with Crippen molar-refractivity contribution in [2.75, 3.05) is 0 Å². The number of nitrogens with zero attached hydrogens (tertiary/aromatic N) is 2. The van der Waals surface area contributed by atoms with E-state index in [2.05, 4.69) is 24.3 Å². The molecule has 0 saturated heterocycles. The first-order valence-electron chi connectivity index (χ1n) is 6.13. The number of hydrogen-bond donors (Lipinski definition) is 1. The molecule has 4 heteroatoms. The molecule has 3 nitrogen and oxygen atoms in total. The summed E-state index contributed by atoms with van der Waals surface area (Å²) in [6.07, 6.45) is 1.79. The number of rotatable bonds is 5. The summed E-state index contributed by atoms with van der Waals surface area (Å²) >= 11 is 0. The lowest BCUT2D eigenvalue weighted by Crippen LogP contribution is -2.23. The van der Waals surface area contributed by atoms with E-state index in [0.717, 1.165) is 17.8 Å². The van der Waals surface area contributed by atoms with E-state index in [1.54, 1.807) is 18.3 Å². The van der Waals surface area contributed by atoms with Crippen LogP contribution in [0.15, 0.2) is 36.5 Å². The van der Waals surface area contributed by atoms with Crippen molar-refractivity contribution in [3.63, 3.8) is 0 Å². The SMILES string of the molecule is CC(C)NCc1ccnn1Cc1ccc(F)cc1. The predicted molar refractivity (Wildman–Crippen MR) is 69.7 cm³/mol. The van der Waals surface area contributed by atoms with E-state index in [0.29, 0.717) is 12.6 Å². The Morgan fingerprint density at radius 3 is 2.61 bits per heavy atom. The zero-order valence-corrected chi connectivity index (χ0v) is 10.7. The Labute approximate surface area is 107 Å². The molecule has 0 saturated carbocycles. The summed E-state index contributed by atoms with van der Waals surface area (Å²) in [5.41, 5.74) is 2.18. The van der Waals surface area contributed by atoms with Crippen LogP contribution in [0.5, 0.6) is 0 Å². The molecule has 0 aliphatic carbocycles. The van der Waals surface area contributed by atoms with Crippen molar-refractivity contribution >= 4 is 0 Å². The largest absolute Gasteiger partial charge is 0.309 e. The summed E-state index contributed by atoms with van der Waals surface area (Å²) < 4.78 is 14.8. The molecule has 2 rings (SSSR count). The molecule has 0 radical (unpaired) electrons. The number of hydrogen-bond acceptors (Lipinski definition) is 2. The fourth-order valence-corrected chi connectivity index (χ4v) is 1.72. The number of benzene rings is 1. The highest BCUT2D eigenvalue weighted by molar-refractivity contribution is 5.17. The lowest BCUT2D eigenvalue weighted by molar-refractivity contribution is 0.546. The monoisotopic (exact) mass is 247 g/mol. The minimum atomic E-state index is -0.207. The quantitative estimate of drug-likeness (QED) is 0.880. The van der Waals surface area contributed by atoms with Gasteiger partial charge in [-0.2, -0.15) is 5.10 Å². The molecule has 0 bridgehead atoms. The summed E-state index contributed by atoms with van der Waals surface area (Å²) in [4.78, 5) is 0. The molecule has 1 heterocycles. The minimum absolute atomic E-state index is 0.207. The highest BCUT2D eigenvalue weighted by atomic mass is 19.1. The summed E-state index contributed by atoms with van der Waals surface area (Å²) in [5, 5.41) is 7.66. The lowest BCUT2D eigenvalue weighted by Gasteiger charge is -2.10. The first-order valence-corrected chi connectivity index (χ1v) is 6.13. The second-order valence-corrected chi connectivity index (χ2v) is 4.64. The molecule has 1 N–H and O–H groups in total. The highest BCUT2D eigenvalue weighted by Crippen LogP contribution is 2.07. The van der Waals surface area contributed by atoms with Crippen LogP contribution >= 0.6 is 0 Å². The molecule has 0 aliphatic rings. The molecule has 0 atom stereocenters. The van der Waals surface area contributed by atoms with Crippen LogP contribution in [0.4, 0.5) is 4.39 Å². The standard InChI is InChI=1S/C14H18FN3/c1-11(2)16-9-14-7-8-17-18(14)10-12-3-5-13(15)6-4-12/h3-8,11,16H,9-10H2,1-2H3. The summed E-state index contributed by atoms with van der Waals surface area (Å²) in [6.45, 7) is 5.68. The van der Waals surface area contributed by atoms with Crippen LogP contribution < -0.4 is 5.32 Å². The second kappa shape index (κ2) is 5.78. The maximum Gasteiger partial charge on any atom is 0.123 e. The van der Waals surface area contributed by atoms with Crippen molar-refractivity contribution in [2.45, 2.75) is 33.0 Å². The van der Waals surface area contributed by atoms with Gasteiger partial charge in [-0.1, -0.05) is 26.0 Å². The lowest BCUT2D eigenvalue weighted by atomic mass is 10.2. The van der Waals surface area contributed by atoms with E-state index in [-0.39, 0.29) is 5.82 Å². The van der Waals surface area contributed by atoms with Crippen LogP contribution in [0, 0.1) is 5.82 Å². The normalized spacial score (nSPS) is 11.1. The van der Waals surface area contributed by atoms with Gasteiger partial charge in [0.25, 0.3) is 0 Å². The predicted octanol–water partition coefficient (Wildman–Crippen LogP) is 2.57. The highest BCUT2D eigenvalue weighted by Gasteiger charge is 2.04. The van der Waals surface area contributed by atoms with E-state index in [1.807, 2.05) is 10.7 Å². The second-order valence-electron chi connectivity index (χ2n) is 4.64. The fraction of sp³-hybridized carbons (Fsp3) is 0.357. The van der Waals surface area contributed by atoms with Crippen LogP contribution in [0.25, 0.3) is 0 Å². The van der Waals surface area contributed by atoms with Crippen LogP contribution in [0.1, 0.15) is 25.1 Å². The van der Waals surface area contributed by atoms with Gasteiger partial charge in [-0.25, -0.2) is 4.39 Å². The molecule has 1 aromatic carbocycles. The number of nitrogens with one attached hydrogen (secondary N) is 1. The van der Waals surface area contributed by atoms with E-state index in [9.17, 15) is 4.39 Å². The van der Waals surface area contributed by atoms with E-state index >= 15 is 0 Å². The molecule has 0 unspecified atom stereocenters. The van der Waals surface area contributed by atoms with E-state index in [4.69, 9.17) is 0 Å². The van der Waals surface area contributed by atoms with E-state index in [1.165, 1.54) is 12.1 Å². The van der Waals surface area contributed by atoms with Gasteiger partial charge in [-0.3, -0.25) is 4.68 Å². The molecule has 0 spiro atoms. The van der Waals surface area contributed by atoms with Crippen molar-refractivity contribution in [3.8, 4) is 0 Å². The third-order valence-electron chi connectivity index (χ3n) is 2.74. The van der Waals surface area contributed by atoms with Gasteiger partial charge in [0, 0.05) is 18.8 Å². The first kappa shape index (κ1) is 12.8. The van der Waals surface area contributed by atoms with Crippen molar-refractivity contribution in [1.82, 2.24) is 15.1 Å². The number of aromatic nitrogens is 2. The Morgan fingerprint density at radius 1 is 1.22 bits per heavy atom. The Kier molecular flexibility index (Phi) is 4.10. The third kappa shape index (κ3) is 3.40. The van der Waals surface area contributed by atoms with Gasteiger partial charge in [-0.05, 0) is 23.8 Å². The van der Waals surface area contributed by atoms with Crippen molar-refractivity contribution in [2.24, 2.45) is 0 Å². The zero-order valence-electron chi connectivity index (χ0n) is 10.7. The van der Waals surface area contributed by atoms with Gasteiger partial charge in [0.2, 0.25) is 0 Å². The molecule has 0 aliphatic heterocycles. The summed E-state index contributed by atoms with van der Waals surface area (Å²) in [7, 11) is 0. The van der Waals surface area contributed by atoms with Gasteiger partial charge in [-0.15, -0.1) is 0 Å². The molecule has 1 aromatic heterocycles. The molecule has 2 aromatic rings. The van der Waals surface area contributed by atoms with Crippen LogP contribution in [0.2, 0.25) is 0 Å². The van der Waals surface area contributed by atoms with Crippen LogP contribution in [-0.2, 0) is 13.1 Å². The zero-order chi connectivity index (χ0) is 13.0. The minimum Gasteiger partial charge on any atom is -0.309 e. The van der Waals surface area contributed by atoms with Gasteiger partial charge < -0.3 is 5.32 Å². The first-order chi connectivity index (χ1) is 8.65. The Balaban J connectivity index is 2.05. The van der Waals surface area contributed by atoms with Gasteiger partial charge in [0.1, 0.15) is 5.82 Å². The van der Waals surface area contributed by atoms with Crippen molar-refractivity contribution in [1.29, 1.82) is 0 Å². The van der Waals surface area contributed by atoms with Crippen LogP contribution in [-0.4, -0.2) is 15.8 Å². The molecule has 0 amide bonds. The Hall–Kier alpha value is -1.68. The topological polar surface area (TPSA) is 29.9 Å². The van der Waals surface area contributed by atoms with Crippen molar-refractivity contribution < 1.29 is 4.39 Å². The smallest absolute Gasteiger partial charge is 0.123 e. The van der Waals surface area contributed by atoms with Gasteiger partial charge in [0.15, 0.2) is 0 Å². The molecular formula is C14H18FN3.